The summed E-state index contributed by atoms with van der Waals surface area (Å²) < 4.78 is 12.5. The van der Waals surface area contributed by atoms with Crippen molar-refractivity contribution in [3.63, 3.8) is 0 Å². The molecule has 5 nitrogen and oxygen atoms in total. The topological polar surface area (TPSA) is 60.5 Å². The molecule has 2 heterocycles. The molecule has 1 aliphatic rings. The minimum Gasteiger partial charge on any atom is -0.486 e. The second-order valence-electron chi connectivity index (χ2n) is 7.62. The number of hydrogen-bond donors (Lipinski definition) is 1. The molecule has 0 radical (unpaired) electrons. The Bertz CT molecular complexity index is 966. The second kappa shape index (κ2) is 8.82. The third kappa shape index (κ3) is 4.70. The zero-order chi connectivity index (χ0) is 20.2. The molecule has 3 aromatic rings. The van der Waals surface area contributed by atoms with E-state index in [2.05, 4.69) is 30.2 Å². The number of aryl methyl sites for hydroxylation is 1. The monoisotopic (exact) mass is 410 g/mol. The number of fused-ring (bicyclic) bond motifs is 2. The Morgan fingerprint density at radius 3 is 2.72 bits per heavy atom. The van der Waals surface area contributed by atoms with Crippen LogP contribution in [0.25, 0.3) is 10.2 Å². The van der Waals surface area contributed by atoms with Crippen molar-refractivity contribution in [1.29, 1.82) is 0 Å². The zero-order valence-corrected chi connectivity index (χ0v) is 17.6. The lowest BCUT2D eigenvalue weighted by molar-refractivity contribution is -0.122. The molecule has 1 unspecified atom stereocenters. The van der Waals surface area contributed by atoms with E-state index >= 15 is 0 Å². The predicted octanol–water partition coefficient (Wildman–Crippen LogP) is 4.90. The van der Waals surface area contributed by atoms with Gasteiger partial charge in [-0.25, -0.2) is 4.98 Å². The molecule has 1 aromatic heterocycles. The van der Waals surface area contributed by atoms with Crippen LogP contribution in [0.4, 0.5) is 0 Å². The number of carbonyl (C=O) groups excluding carboxylic acids is 1. The van der Waals surface area contributed by atoms with Crippen molar-refractivity contribution in [3.05, 3.63) is 53.0 Å². The molecule has 1 atom stereocenters. The lowest BCUT2D eigenvalue weighted by atomic mass is 9.95. The van der Waals surface area contributed by atoms with E-state index in [0.29, 0.717) is 19.6 Å². The maximum absolute atomic E-state index is 12.6. The van der Waals surface area contributed by atoms with Crippen LogP contribution >= 0.6 is 11.3 Å². The van der Waals surface area contributed by atoms with Crippen molar-refractivity contribution in [3.8, 4) is 11.5 Å². The van der Waals surface area contributed by atoms with Crippen molar-refractivity contribution >= 4 is 27.5 Å². The number of rotatable bonds is 7. The van der Waals surface area contributed by atoms with E-state index in [0.717, 1.165) is 40.4 Å². The Kier molecular flexibility index (Phi) is 6.00. The highest BCUT2D eigenvalue weighted by molar-refractivity contribution is 7.18. The third-order valence-corrected chi connectivity index (χ3v) is 6.14. The van der Waals surface area contributed by atoms with Crippen LogP contribution in [0.1, 0.15) is 43.3 Å². The first kappa shape index (κ1) is 19.7. The number of aromatic nitrogens is 1. The van der Waals surface area contributed by atoms with E-state index in [4.69, 9.17) is 9.47 Å². The van der Waals surface area contributed by atoms with Gasteiger partial charge in [-0.05, 0) is 48.6 Å². The first-order valence-electron chi connectivity index (χ1n) is 10.1. The van der Waals surface area contributed by atoms with Crippen LogP contribution < -0.4 is 14.8 Å². The molecule has 1 N–H and O–H groups in total. The number of benzene rings is 2. The minimum absolute atomic E-state index is 0.0548. The second-order valence-corrected chi connectivity index (χ2v) is 8.74. The van der Waals surface area contributed by atoms with Crippen LogP contribution in [0.15, 0.2) is 42.5 Å². The Morgan fingerprint density at radius 2 is 1.93 bits per heavy atom. The van der Waals surface area contributed by atoms with Gasteiger partial charge in [0.05, 0.1) is 21.3 Å². The average Bonchev–Trinajstić information content (AvgIpc) is 3.14. The predicted molar refractivity (Wildman–Crippen MR) is 116 cm³/mol. The number of thiazole rings is 1. The highest BCUT2D eigenvalue weighted by atomic mass is 32.1. The van der Waals surface area contributed by atoms with Crippen LogP contribution in [-0.2, 0) is 11.2 Å². The van der Waals surface area contributed by atoms with Crippen molar-refractivity contribution in [1.82, 2.24) is 10.3 Å². The SMILES string of the molecule is CC(C)C(NC(=O)CCCc1nc2ccccc2s1)c1ccc2c(c1)OCCO2. The molecule has 0 aliphatic carbocycles. The molecule has 2 aromatic carbocycles. The zero-order valence-electron chi connectivity index (χ0n) is 16.8. The summed E-state index contributed by atoms with van der Waals surface area (Å²) in [7, 11) is 0. The van der Waals surface area contributed by atoms with Crippen LogP contribution in [0.3, 0.4) is 0 Å². The van der Waals surface area contributed by atoms with Gasteiger partial charge in [-0.1, -0.05) is 32.0 Å². The Labute approximate surface area is 175 Å². The number of hydrogen-bond acceptors (Lipinski definition) is 5. The summed E-state index contributed by atoms with van der Waals surface area (Å²) in [6.45, 7) is 5.36. The lowest BCUT2D eigenvalue weighted by Crippen LogP contribution is -2.31. The molecule has 0 spiro atoms. The molecule has 0 saturated carbocycles. The number of ether oxygens (including phenoxy) is 2. The largest absolute Gasteiger partial charge is 0.486 e. The summed E-state index contributed by atoms with van der Waals surface area (Å²) >= 11 is 1.71. The van der Waals surface area contributed by atoms with Crippen molar-refractivity contribution in [2.24, 2.45) is 5.92 Å². The molecule has 1 aliphatic heterocycles. The standard InChI is InChI=1S/C23H26N2O3S/c1-15(2)23(16-10-11-18-19(14-16)28-13-12-27-18)25-21(26)8-5-9-22-24-17-6-3-4-7-20(17)29-22/h3-4,6-7,10-11,14-15,23H,5,8-9,12-13H2,1-2H3,(H,25,26). The molecule has 1 amide bonds. The maximum atomic E-state index is 12.6. The third-order valence-electron chi connectivity index (χ3n) is 5.04. The van der Waals surface area contributed by atoms with E-state index in [-0.39, 0.29) is 17.9 Å². The maximum Gasteiger partial charge on any atom is 0.220 e. The number of nitrogens with one attached hydrogen (secondary N) is 1. The average molecular weight is 411 g/mol. The molecule has 0 fully saturated rings. The van der Waals surface area contributed by atoms with Crippen molar-refractivity contribution in [2.45, 2.75) is 39.2 Å². The molecule has 0 saturated heterocycles. The molecule has 0 bridgehead atoms. The van der Waals surface area contributed by atoms with Crippen LogP contribution in [0.2, 0.25) is 0 Å². The van der Waals surface area contributed by atoms with Gasteiger partial charge < -0.3 is 14.8 Å². The van der Waals surface area contributed by atoms with Crippen LogP contribution in [-0.4, -0.2) is 24.1 Å². The molecule has 29 heavy (non-hydrogen) atoms. The smallest absolute Gasteiger partial charge is 0.220 e. The highest BCUT2D eigenvalue weighted by Gasteiger charge is 2.21. The fraction of sp³-hybridized carbons (Fsp3) is 0.391. The summed E-state index contributed by atoms with van der Waals surface area (Å²) in [6, 6.07) is 14.0. The van der Waals surface area contributed by atoms with E-state index in [1.54, 1.807) is 11.3 Å². The van der Waals surface area contributed by atoms with Crippen molar-refractivity contribution in [2.75, 3.05) is 13.2 Å². The van der Waals surface area contributed by atoms with E-state index in [1.807, 2.05) is 36.4 Å². The molecular weight excluding hydrogens is 384 g/mol. The summed E-state index contributed by atoms with van der Waals surface area (Å²) in [4.78, 5) is 17.2. The number of nitrogens with zero attached hydrogens (tertiary/aromatic N) is 1. The van der Waals surface area contributed by atoms with Gasteiger partial charge in [-0.3, -0.25) is 4.79 Å². The first-order valence-corrected chi connectivity index (χ1v) is 10.9. The summed E-state index contributed by atoms with van der Waals surface area (Å²) in [6.07, 6.45) is 2.10. The summed E-state index contributed by atoms with van der Waals surface area (Å²) in [5, 5.41) is 4.29. The summed E-state index contributed by atoms with van der Waals surface area (Å²) in [5.74, 6) is 1.86. The number of carbonyl (C=O) groups is 1. The summed E-state index contributed by atoms with van der Waals surface area (Å²) in [5.41, 5.74) is 2.08. The molecular formula is C23H26N2O3S. The number of para-hydroxylation sites is 1. The fourth-order valence-corrected chi connectivity index (χ4v) is 4.57. The molecule has 4 rings (SSSR count). The Morgan fingerprint density at radius 1 is 1.14 bits per heavy atom. The van der Waals surface area contributed by atoms with E-state index in [9.17, 15) is 4.79 Å². The Balaban J connectivity index is 1.35. The van der Waals surface area contributed by atoms with E-state index in [1.165, 1.54) is 4.70 Å². The van der Waals surface area contributed by atoms with Gasteiger partial charge >= 0.3 is 0 Å². The normalized spacial score (nSPS) is 14.2. The van der Waals surface area contributed by atoms with Crippen LogP contribution in [0, 0.1) is 5.92 Å². The van der Waals surface area contributed by atoms with Crippen LogP contribution in [0.5, 0.6) is 11.5 Å². The van der Waals surface area contributed by atoms with Gasteiger partial charge in [0.2, 0.25) is 5.91 Å². The highest BCUT2D eigenvalue weighted by Crippen LogP contribution is 2.34. The van der Waals surface area contributed by atoms with Gasteiger partial charge in [-0.15, -0.1) is 11.3 Å². The van der Waals surface area contributed by atoms with Crippen molar-refractivity contribution < 1.29 is 14.3 Å². The van der Waals surface area contributed by atoms with Gasteiger partial charge in [0.15, 0.2) is 11.5 Å². The van der Waals surface area contributed by atoms with E-state index < -0.39 is 0 Å². The van der Waals surface area contributed by atoms with Gasteiger partial charge in [0.1, 0.15) is 13.2 Å². The molecule has 6 heteroatoms. The Hall–Kier alpha value is -2.60. The fourth-order valence-electron chi connectivity index (χ4n) is 3.56. The molecule has 152 valence electrons. The van der Waals surface area contributed by atoms with Gasteiger partial charge in [0.25, 0.3) is 0 Å². The lowest BCUT2D eigenvalue weighted by Gasteiger charge is -2.25. The number of amides is 1. The first-order chi connectivity index (χ1) is 14.1. The minimum atomic E-state index is -0.0548. The quantitative estimate of drug-likeness (QED) is 0.602. The van der Waals surface area contributed by atoms with Gasteiger partial charge in [0, 0.05) is 6.42 Å². The van der Waals surface area contributed by atoms with Gasteiger partial charge in [-0.2, -0.15) is 0 Å².